The van der Waals surface area contributed by atoms with Crippen molar-refractivity contribution < 1.29 is 10.2 Å². The Morgan fingerprint density at radius 2 is 2.00 bits per heavy atom. The van der Waals surface area contributed by atoms with Crippen LogP contribution in [0.2, 0.25) is 0 Å². The van der Waals surface area contributed by atoms with Gasteiger partial charge in [0.2, 0.25) is 0 Å². The predicted octanol–water partition coefficient (Wildman–Crippen LogP) is 2.36. The smallest absolute Gasteiger partial charge is 0.0659 e. The Morgan fingerprint density at radius 1 is 1.29 bits per heavy atom. The first-order valence-electron chi connectivity index (χ1n) is 6.88. The summed E-state index contributed by atoms with van der Waals surface area (Å²) in [5, 5.41) is 20.1. The van der Waals surface area contributed by atoms with Gasteiger partial charge in [0.25, 0.3) is 0 Å². The topological polar surface area (TPSA) is 40.5 Å². The van der Waals surface area contributed by atoms with Crippen LogP contribution < -0.4 is 0 Å². The number of hydrogen-bond donors (Lipinski definition) is 2. The van der Waals surface area contributed by atoms with E-state index in [0.29, 0.717) is 17.3 Å². The van der Waals surface area contributed by atoms with Crippen LogP contribution in [0, 0.1) is 28.6 Å². The number of allylic oxidation sites excluding steroid dienone is 1. The van der Waals surface area contributed by atoms with E-state index in [9.17, 15) is 10.2 Å². The fraction of sp³-hybridized carbons (Fsp3) is 0.867. The van der Waals surface area contributed by atoms with Gasteiger partial charge in [-0.25, -0.2) is 0 Å². The summed E-state index contributed by atoms with van der Waals surface area (Å²) < 4.78 is 0. The third-order valence-corrected chi connectivity index (χ3v) is 5.75. The summed E-state index contributed by atoms with van der Waals surface area (Å²) in [4.78, 5) is 0. The number of aliphatic hydroxyl groups is 2. The maximum absolute atomic E-state index is 10.5. The van der Waals surface area contributed by atoms with Crippen molar-refractivity contribution in [2.45, 2.75) is 46.1 Å². The van der Waals surface area contributed by atoms with Gasteiger partial charge in [0, 0.05) is 5.92 Å². The lowest BCUT2D eigenvalue weighted by atomic mass is 9.50. The Labute approximate surface area is 104 Å². The van der Waals surface area contributed by atoms with Crippen LogP contribution in [-0.4, -0.2) is 22.9 Å². The molecule has 3 aliphatic rings. The highest BCUT2D eigenvalue weighted by Gasteiger charge is 2.60. The molecule has 2 N–H and O–H groups in total. The zero-order valence-corrected chi connectivity index (χ0v) is 11.1. The van der Waals surface area contributed by atoms with E-state index in [2.05, 4.69) is 26.8 Å². The summed E-state index contributed by atoms with van der Waals surface area (Å²) in [5.41, 5.74) is 1.96. The SMILES string of the molecule is CC1(C)C[C@H]2[C@H](O)[C@H](CO)C3=CC[C@]3(C)[C@H]2C1. The second-order valence-electron chi connectivity index (χ2n) is 7.40. The van der Waals surface area contributed by atoms with E-state index in [0.717, 1.165) is 12.8 Å². The van der Waals surface area contributed by atoms with Gasteiger partial charge in [0.1, 0.15) is 0 Å². The van der Waals surface area contributed by atoms with Crippen LogP contribution >= 0.6 is 0 Å². The third kappa shape index (κ3) is 1.40. The molecular weight excluding hydrogens is 212 g/mol. The molecule has 0 aromatic heterocycles. The number of aliphatic hydroxyl groups excluding tert-OH is 2. The molecule has 17 heavy (non-hydrogen) atoms. The van der Waals surface area contributed by atoms with E-state index in [1.165, 1.54) is 12.0 Å². The van der Waals surface area contributed by atoms with Crippen LogP contribution in [0.3, 0.4) is 0 Å². The fourth-order valence-corrected chi connectivity index (χ4v) is 4.84. The maximum atomic E-state index is 10.5. The van der Waals surface area contributed by atoms with E-state index in [4.69, 9.17) is 0 Å². The molecule has 2 saturated carbocycles. The van der Waals surface area contributed by atoms with Crippen LogP contribution in [0.15, 0.2) is 11.6 Å². The monoisotopic (exact) mass is 236 g/mol. The second kappa shape index (κ2) is 3.36. The molecule has 0 saturated heterocycles. The van der Waals surface area contributed by atoms with E-state index < -0.39 is 0 Å². The summed E-state index contributed by atoms with van der Waals surface area (Å²) in [6.07, 6.45) is 5.39. The third-order valence-electron chi connectivity index (χ3n) is 5.75. The Kier molecular flexibility index (Phi) is 2.32. The molecule has 0 aliphatic heterocycles. The van der Waals surface area contributed by atoms with Crippen LogP contribution in [0.1, 0.15) is 40.0 Å². The normalized spacial score (nSPS) is 51.2. The molecule has 0 aromatic rings. The van der Waals surface area contributed by atoms with E-state index >= 15 is 0 Å². The quantitative estimate of drug-likeness (QED) is 0.686. The van der Waals surface area contributed by atoms with Crippen molar-refractivity contribution in [1.29, 1.82) is 0 Å². The fourth-order valence-electron chi connectivity index (χ4n) is 4.84. The molecule has 0 heterocycles. The second-order valence-corrected chi connectivity index (χ2v) is 7.40. The maximum Gasteiger partial charge on any atom is 0.0659 e. The summed E-state index contributed by atoms with van der Waals surface area (Å²) >= 11 is 0. The van der Waals surface area contributed by atoms with Gasteiger partial charge < -0.3 is 10.2 Å². The summed E-state index contributed by atoms with van der Waals surface area (Å²) in [7, 11) is 0. The zero-order valence-electron chi connectivity index (χ0n) is 11.1. The van der Waals surface area contributed by atoms with Crippen molar-refractivity contribution in [3.05, 3.63) is 11.6 Å². The van der Waals surface area contributed by atoms with E-state index in [1.54, 1.807) is 0 Å². The Balaban J connectivity index is 1.99. The van der Waals surface area contributed by atoms with Crippen molar-refractivity contribution in [3.63, 3.8) is 0 Å². The van der Waals surface area contributed by atoms with Gasteiger partial charge in [-0.15, -0.1) is 0 Å². The molecule has 0 amide bonds. The van der Waals surface area contributed by atoms with Crippen molar-refractivity contribution >= 4 is 0 Å². The highest BCUT2D eigenvalue weighted by molar-refractivity contribution is 5.34. The molecule has 2 heteroatoms. The minimum atomic E-state index is -0.327. The lowest BCUT2D eigenvalue weighted by Gasteiger charge is -2.55. The van der Waals surface area contributed by atoms with Crippen LogP contribution in [-0.2, 0) is 0 Å². The van der Waals surface area contributed by atoms with Crippen LogP contribution in [0.5, 0.6) is 0 Å². The molecule has 3 rings (SSSR count). The van der Waals surface area contributed by atoms with Crippen molar-refractivity contribution in [1.82, 2.24) is 0 Å². The minimum absolute atomic E-state index is 0.00361. The average Bonchev–Trinajstić information content (AvgIpc) is 2.57. The predicted molar refractivity (Wildman–Crippen MR) is 67.4 cm³/mol. The molecule has 0 spiro atoms. The first-order chi connectivity index (χ1) is 7.89. The van der Waals surface area contributed by atoms with E-state index in [1.807, 2.05) is 0 Å². The first kappa shape index (κ1) is 11.7. The van der Waals surface area contributed by atoms with Crippen LogP contribution in [0.25, 0.3) is 0 Å². The number of fused-ring (bicyclic) bond motifs is 3. The van der Waals surface area contributed by atoms with Crippen molar-refractivity contribution in [3.8, 4) is 0 Å². The standard InChI is InChI=1S/C15H24O2/c1-14(2)6-9-12(7-14)15(3)5-4-11(15)10(8-16)13(9)17/h4,9-10,12-13,16-17H,5-8H2,1-3H3/t9-,10-,12+,13+,15+/m1/s1. The molecule has 2 nitrogen and oxygen atoms in total. The number of hydrogen-bond acceptors (Lipinski definition) is 2. The Hall–Kier alpha value is -0.340. The number of rotatable bonds is 1. The molecule has 0 radical (unpaired) electrons. The van der Waals surface area contributed by atoms with Gasteiger partial charge in [-0.1, -0.05) is 32.4 Å². The Morgan fingerprint density at radius 3 is 2.53 bits per heavy atom. The summed E-state index contributed by atoms with van der Waals surface area (Å²) in [6, 6.07) is 0. The van der Waals surface area contributed by atoms with Gasteiger partial charge in [0.05, 0.1) is 12.7 Å². The van der Waals surface area contributed by atoms with Gasteiger partial charge in [-0.3, -0.25) is 0 Å². The molecule has 0 aromatic carbocycles. The van der Waals surface area contributed by atoms with Gasteiger partial charge >= 0.3 is 0 Å². The van der Waals surface area contributed by atoms with Gasteiger partial charge in [-0.2, -0.15) is 0 Å². The van der Waals surface area contributed by atoms with Gasteiger partial charge in [0.15, 0.2) is 0 Å². The lowest BCUT2D eigenvalue weighted by Crippen LogP contribution is -2.52. The van der Waals surface area contributed by atoms with Gasteiger partial charge in [-0.05, 0) is 41.9 Å². The molecule has 2 fully saturated rings. The molecular formula is C15H24O2. The highest BCUT2D eigenvalue weighted by atomic mass is 16.3. The molecule has 3 aliphatic carbocycles. The molecule has 0 bridgehead atoms. The minimum Gasteiger partial charge on any atom is -0.396 e. The first-order valence-corrected chi connectivity index (χ1v) is 6.88. The zero-order chi connectivity index (χ0) is 12.4. The van der Waals surface area contributed by atoms with Crippen molar-refractivity contribution in [2.24, 2.45) is 28.6 Å². The highest BCUT2D eigenvalue weighted by Crippen LogP contribution is 2.65. The average molecular weight is 236 g/mol. The van der Waals surface area contributed by atoms with Crippen molar-refractivity contribution in [2.75, 3.05) is 6.61 Å². The summed E-state index contributed by atoms with van der Waals surface area (Å²) in [6.45, 7) is 7.08. The summed E-state index contributed by atoms with van der Waals surface area (Å²) in [5.74, 6) is 1.02. The van der Waals surface area contributed by atoms with E-state index in [-0.39, 0.29) is 24.0 Å². The largest absolute Gasteiger partial charge is 0.396 e. The lowest BCUT2D eigenvalue weighted by molar-refractivity contribution is -0.0510. The molecule has 5 atom stereocenters. The molecule has 96 valence electrons. The molecule has 0 unspecified atom stereocenters. The van der Waals surface area contributed by atoms with Crippen LogP contribution in [0.4, 0.5) is 0 Å². The Bertz CT molecular complexity index is 371.